The third-order valence-electron chi connectivity index (χ3n) is 3.96. The quantitative estimate of drug-likeness (QED) is 0.691. The molecule has 4 heterocycles. The molecule has 3 aromatic heterocycles. The minimum absolute atomic E-state index is 0.0819. The van der Waals surface area contributed by atoms with Gasteiger partial charge in [0.1, 0.15) is 4.21 Å². The van der Waals surface area contributed by atoms with Crippen molar-refractivity contribution in [1.82, 2.24) is 14.4 Å². The van der Waals surface area contributed by atoms with Gasteiger partial charge in [0, 0.05) is 18.0 Å². The predicted octanol–water partition coefficient (Wildman–Crippen LogP) is 2.74. The molecule has 1 saturated heterocycles. The van der Waals surface area contributed by atoms with E-state index in [1.165, 1.54) is 21.9 Å². The summed E-state index contributed by atoms with van der Waals surface area (Å²) < 4.78 is 37.4. The highest BCUT2D eigenvalue weighted by Crippen LogP contribution is 2.34. The molecule has 7 nitrogen and oxygen atoms in total. The van der Waals surface area contributed by atoms with E-state index >= 15 is 0 Å². The summed E-state index contributed by atoms with van der Waals surface area (Å²) in [6.45, 7) is 2.71. The van der Waals surface area contributed by atoms with E-state index in [9.17, 15) is 8.42 Å². The number of rotatable bonds is 5. The number of thiophene rings is 1. The van der Waals surface area contributed by atoms with Crippen LogP contribution >= 0.6 is 11.3 Å². The average Bonchev–Trinajstić information content (AvgIpc) is 3.26. The Morgan fingerprint density at radius 3 is 2.83 bits per heavy atom. The average molecular weight is 365 g/mol. The van der Waals surface area contributed by atoms with Crippen LogP contribution in [0.5, 0.6) is 0 Å². The Hall–Kier alpha value is -1.97. The molecule has 1 aliphatic heterocycles. The molecule has 1 aliphatic rings. The molecule has 4 rings (SSSR count). The van der Waals surface area contributed by atoms with E-state index in [0.29, 0.717) is 34.8 Å². The molecule has 0 amide bonds. The molecule has 9 heteroatoms. The second kappa shape index (κ2) is 5.83. The minimum Gasteiger partial charge on any atom is -0.461 e. The standard InChI is InChI=1S/C15H15N3O4S2/c1-2-11-5-6-13(23-11)24(19,20)18-8-10(9-18)15-16-14(17-22-15)12-4-3-7-21-12/h3-7,10H,2,8-9H2,1H3. The first-order valence-corrected chi connectivity index (χ1v) is 9.80. The molecule has 3 aromatic rings. The number of aromatic nitrogens is 2. The molecule has 0 saturated carbocycles. The molecule has 0 N–H and O–H groups in total. The fraction of sp³-hybridized carbons (Fsp3) is 0.333. The van der Waals surface area contributed by atoms with E-state index < -0.39 is 10.0 Å². The first-order valence-electron chi connectivity index (χ1n) is 7.54. The zero-order chi connectivity index (χ0) is 16.7. The monoisotopic (exact) mass is 365 g/mol. The number of sulfonamides is 1. The molecule has 0 atom stereocenters. The van der Waals surface area contributed by atoms with Crippen LogP contribution in [0.15, 0.2) is 43.7 Å². The zero-order valence-electron chi connectivity index (χ0n) is 12.9. The van der Waals surface area contributed by atoms with Crippen LogP contribution in [0.2, 0.25) is 0 Å². The highest BCUT2D eigenvalue weighted by Gasteiger charge is 2.41. The second-order valence-electron chi connectivity index (χ2n) is 5.53. The highest BCUT2D eigenvalue weighted by atomic mass is 32.2. The Morgan fingerprint density at radius 2 is 2.17 bits per heavy atom. The summed E-state index contributed by atoms with van der Waals surface area (Å²) in [5, 5.41) is 3.88. The number of hydrogen-bond acceptors (Lipinski definition) is 7. The van der Waals surface area contributed by atoms with Gasteiger partial charge < -0.3 is 8.94 Å². The first kappa shape index (κ1) is 15.6. The van der Waals surface area contributed by atoms with Crippen LogP contribution in [0.25, 0.3) is 11.6 Å². The number of nitrogens with zero attached hydrogens (tertiary/aromatic N) is 3. The minimum atomic E-state index is -3.43. The number of furan rings is 1. The van der Waals surface area contributed by atoms with Crippen LogP contribution < -0.4 is 0 Å². The highest BCUT2D eigenvalue weighted by molar-refractivity contribution is 7.91. The van der Waals surface area contributed by atoms with Crippen molar-refractivity contribution in [3.63, 3.8) is 0 Å². The van der Waals surface area contributed by atoms with Gasteiger partial charge in [0.25, 0.3) is 10.0 Å². The van der Waals surface area contributed by atoms with Crippen LogP contribution in [0.4, 0.5) is 0 Å². The van der Waals surface area contributed by atoms with Gasteiger partial charge >= 0.3 is 0 Å². The molecule has 0 aliphatic carbocycles. The molecular weight excluding hydrogens is 350 g/mol. The molecule has 0 unspecified atom stereocenters. The fourth-order valence-corrected chi connectivity index (χ4v) is 5.49. The lowest BCUT2D eigenvalue weighted by atomic mass is 10.0. The Bertz CT molecular complexity index is 937. The lowest BCUT2D eigenvalue weighted by Crippen LogP contribution is -2.48. The lowest BCUT2D eigenvalue weighted by molar-refractivity contribution is 0.217. The van der Waals surface area contributed by atoms with E-state index in [-0.39, 0.29) is 5.92 Å². The van der Waals surface area contributed by atoms with Gasteiger partial charge in [0.15, 0.2) is 5.76 Å². The summed E-state index contributed by atoms with van der Waals surface area (Å²) in [6.07, 6.45) is 2.37. The van der Waals surface area contributed by atoms with E-state index in [4.69, 9.17) is 8.94 Å². The van der Waals surface area contributed by atoms with Gasteiger partial charge in [-0.2, -0.15) is 9.29 Å². The molecule has 24 heavy (non-hydrogen) atoms. The SMILES string of the molecule is CCc1ccc(S(=O)(=O)N2CC(c3nc(-c4ccco4)no3)C2)s1. The molecular formula is C15H15N3O4S2. The van der Waals surface area contributed by atoms with Gasteiger partial charge in [-0.1, -0.05) is 12.1 Å². The van der Waals surface area contributed by atoms with Crippen molar-refractivity contribution in [2.24, 2.45) is 0 Å². The van der Waals surface area contributed by atoms with Crippen molar-refractivity contribution < 1.29 is 17.4 Å². The molecule has 0 bridgehead atoms. The van der Waals surface area contributed by atoms with Crippen molar-refractivity contribution in [3.05, 3.63) is 41.3 Å². The number of aryl methyl sites for hydroxylation is 1. The summed E-state index contributed by atoms with van der Waals surface area (Å²) in [5.41, 5.74) is 0. The topological polar surface area (TPSA) is 89.4 Å². The maximum absolute atomic E-state index is 12.6. The number of hydrogen-bond donors (Lipinski definition) is 0. The molecule has 0 radical (unpaired) electrons. The zero-order valence-corrected chi connectivity index (χ0v) is 14.5. The van der Waals surface area contributed by atoms with Crippen molar-refractivity contribution in [3.8, 4) is 11.6 Å². The summed E-state index contributed by atoms with van der Waals surface area (Å²) in [5.74, 6) is 1.26. The Kier molecular flexibility index (Phi) is 3.78. The second-order valence-corrected chi connectivity index (χ2v) is 8.86. The van der Waals surface area contributed by atoms with Gasteiger partial charge in [-0.3, -0.25) is 0 Å². The third-order valence-corrected chi connectivity index (χ3v) is 7.49. The predicted molar refractivity (Wildman–Crippen MR) is 87.2 cm³/mol. The van der Waals surface area contributed by atoms with Gasteiger partial charge in [0.05, 0.1) is 12.2 Å². The van der Waals surface area contributed by atoms with Crippen LogP contribution in [0.1, 0.15) is 23.6 Å². The van der Waals surface area contributed by atoms with E-state index in [0.717, 1.165) is 11.3 Å². The van der Waals surface area contributed by atoms with Crippen LogP contribution in [-0.4, -0.2) is 36.0 Å². The summed E-state index contributed by atoms with van der Waals surface area (Å²) in [4.78, 5) is 5.35. The van der Waals surface area contributed by atoms with Crippen LogP contribution in [0, 0.1) is 0 Å². The van der Waals surface area contributed by atoms with E-state index in [1.54, 1.807) is 18.2 Å². The van der Waals surface area contributed by atoms with Gasteiger partial charge in [-0.15, -0.1) is 11.3 Å². The van der Waals surface area contributed by atoms with E-state index in [2.05, 4.69) is 10.1 Å². The van der Waals surface area contributed by atoms with Gasteiger partial charge in [-0.25, -0.2) is 8.42 Å². The smallest absolute Gasteiger partial charge is 0.252 e. The maximum Gasteiger partial charge on any atom is 0.252 e. The third kappa shape index (κ3) is 2.58. The van der Waals surface area contributed by atoms with Gasteiger partial charge in [-0.05, 0) is 30.7 Å². The molecule has 1 fully saturated rings. The lowest BCUT2D eigenvalue weighted by Gasteiger charge is -2.35. The van der Waals surface area contributed by atoms with Gasteiger partial charge in [0.2, 0.25) is 11.7 Å². The van der Waals surface area contributed by atoms with E-state index in [1.807, 2.05) is 13.0 Å². The van der Waals surface area contributed by atoms with Crippen LogP contribution in [0.3, 0.4) is 0 Å². The summed E-state index contributed by atoms with van der Waals surface area (Å²) in [6, 6.07) is 7.03. The maximum atomic E-state index is 12.6. The van der Waals surface area contributed by atoms with Crippen molar-refractivity contribution in [2.75, 3.05) is 13.1 Å². The largest absolute Gasteiger partial charge is 0.461 e. The molecule has 0 spiro atoms. The molecule has 126 valence electrons. The molecule has 0 aromatic carbocycles. The Labute approximate surface area is 143 Å². The van der Waals surface area contributed by atoms with Crippen LogP contribution in [-0.2, 0) is 16.4 Å². The first-order chi connectivity index (χ1) is 11.6. The summed E-state index contributed by atoms with van der Waals surface area (Å²) >= 11 is 1.32. The Balaban J connectivity index is 1.46. The fourth-order valence-electron chi connectivity index (χ4n) is 2.51. The summed E-state index contributed by atoms with van der Waals surface area (Å²) in [7, 11) is -3.43. The normalized spacial score (nSPS) is 16.4. The Morgan fingerprint density at radius 1 is 1.33 bits per heavy atom. The van der Waals surface area contributed by atoms with Crippen molar-refractivity contribution >= 4 is 21.4 Å². The van der Waals surface area contributed by atoms with Crippen molar-refractivity contribution in [2.45, 2.75) is 23.5 Å². The van der Waals surface area contributed by atoms with Crippen molar-refractivity contribution in [1.29, 1.82) is 0 Å².